The zero-order valence-corrected chi connectivity index (χ0v) is 11.5. The Hall–Kier alpha value is -1.91. The van der Waals surface area contributed by atoms with Gasteiger partial charge in [0.2, 0.25) is 5.82 Å². The van der Waals surface area contributed by atoms with Crippen LogP contribution in [-0.2, 0) is 0 Å². The topological polar surface area (TPSA) is 38.9 Å². The zero-order chi connectivity index (χ0) is 14.1. The number of halogens is 3. The van der Waals surface area contributed by atoms with Gasteiger partial charge in [-0.2, -0.15) is 4.98 Å². The van der Waals surface area contributed by atoms with E-state index in [-0.39, 0.29) is 5.82 Å². The molecule has 0 aliphatic heterocycles. The summed E-state index contributed by atoms with van der Waals surface area (Å²) in [5, 5.41) is 4.83. The lowest BCUT2D eigenvalue weighted by Gasteiger charge is -1.98. The molecule has 0 fully saturated rings. The van der Waals surface area contributed by atoms with E-state index in [1.807, 2.05) is 0 Å². The van der Waals surface area contributed by atoms with Crippen LogP contribution < -0.4 is 0 Å². The second kappa shape index (κ2) is 5.23. The molecule has 0 aliphatic carbocycles. The minimum Gasteiger partial charge on any atom is -0.334 e. The molecule has 3 rings (SSSR count). The van der Waals surface area contributed by atoms with Crippen LogP contribution in [0.15, 0.2) is 47.0 Å². The van der Waals surface area contributed by atoms with Crippen molar-refractivity contribution in [2.24, 2.45) is 0 Å². The molecule has 0 atom stereocenters. The Balaban J connectivity index is 1.99. The van der Waals surface area contributed by atoms with Gasteiger partial charge < -0.3 is 4.52 Å². The summed E-state index contributed by atoms with van der Waals surface area (Å²) >= 11 is 11.9. The number of hydrogen-bond donors (Lipinski definition) is 0. The van der Waals surface area contributed by atoms with E-state index < -0.39 is 0 Å². The highest BCUT2D eigenvalue weighted by atomic mass is 35.5. The molecule has 0 aliphatic rings. The molecule has 20 heavy (non-hydrogen) atoms. The summed E-state index contributed by atoms with van der Waals surface area (Å²) in [6.07, 6.45) is 0. The van der Waals surface area contributed by atoms with Crippen molar-refractivity contribution in [1.29, 1.82) is 0 Å². The smallest absolute Gasteiger partial charge is 0.258 e. The Bertz CT molecular complexity index is 756. The van der Waals surface area contributed by atoms with E-state index in [1.54, 1.807) is 30.3 Å². The molecule has 3 nitrogen and oxygen atoms in total. The van der Waals surface area contributed by atoms with Gasteiger partial charge in [-0.05, 0) is 42.5 Å². The van der Waals surface area contributed by atoms with E-state index in [1.165, 1.54) is 12.1 Å². The van der Waals surface area contributed by atoms with Gasteiger partial charge in [-0.15, -0.1) is 0 Å². The van der Waals surface area contributed by atoms with E-state index in [4.69, 9.17) is 27.7 Å². The van der Waals surface area contributed by atoms with Crippen molar-refractivity contribution in [3.05, 3.63) is 58.3 Å². The van der Waals surface area contributed by atoms with Crippen molar-refractivity contribution in [2.75, 3.05) is 0 Å². The summed E-state index contributed by atoms with van der Waals surface area (Å²) in [6, 6.07) is 10.8. The summed E-state index contributed by atoms with van der Waals surface area (Å²) in [7, 11) is 0. The number of hydrogen-bond acceptors (Lipinski definition) is 3. The van der Waals surface area contributed by atoms with Crippen molar-refractivity contribution in [3.8, 4) is 22.8 Å². The van der Waals surface area contributed by atoms with Crippen LogP contribution >= 0.6 is 23.2 Å². The standard InChI is InChI=1S/C14H7Cl2FN2O/c15-9-3-6-11(12(16)7-9)13-18-14(20-19-13)8-1-4-10(17)5-2-8/h1-7H. The zero-order valence-electron chi connectivity index (χ0n) is 9.98. The number of nitrogens with zero attached hydrogens (tertiary/aromatic N) is 2. The number of benzene rings is 2. The molecular formula is C14H7Cl2FN2O. The van der Waals surface area contributed by atoms with Gasteiger partial charge in [0.05, 0.1) is 5.02 Å². The molecule has 0 amide bonds. The molecule has 2 aromatic carbocycles. The van der Waals surface area contributed by atoms with E-state index >= 15 is 0 Å². The molecule has 0 bridgehead atoms. The molecule has 1 aromatic heterocycles. The molecule has 0 unspecified atom stereocenters. The fraction of sp³-hybridized carbons (Fsp3) is 0. The Morgan fingerprint density at radius 2 is 1.75 bits per heavy atom. The highest BCUT2D eigenvalue weighted by Crippen LogP contribution is 2.29. The quantitative estimate of drug-likeness (QED) is 0.679. The maximum atomic E-state index is 12.9. The minimum absolute atomic E-state index is 0.297. The predicted molar refractivity (Wildman–Crippen MR) is 75.1 cm³/mol. The highest BCUT2D eigenvalue weighted by molar-refractivity contribution is 6.36. The van der Waals surface area contributed by atoms with Gasteiger partial charge in [-0.25, -0.2) is 4.39 Å². The average Bonchev–Trinajstić information content (AvgIpc) is 2.89. The first-order valence-corrected chi connectivity index (χ1v) is 6.44. The second-order valence-corrected chi connectivity index (χ2v) is 4.90. The van der Waals surface area contributed by atoms with Crippen molar-refractivity contribution < 1.29 is 8.91 Å². The molecule has 0 saturated carbocycles. The fourth-order valence-electron chi connectivity index (χ4n) is 1.71. The average molecular weight is 309 g/mol. The van der Waals surface area contributed by atoms with Gasteiger partial charge in [-0.1, -0.05) is 28.4 Å². The van der Waals surface area contributed by atoms with Gasteiger partial charge in [0.25, 0.3) is 5.89 Å². The molecular weight excluding hydrogens is 302 g/mol. The van der Waals surface area contributed by atoms with Crippen LogP contribution in [0.2, 0.25) is 10.0 Å². The monoisotopic (exact) mass is 308 g/mol. The number of aromatic nitrogens is 2. The lowest BCUT2D eigenvalue weighted by molar-refractivity contribution is 0.432. The summed E-state index contributed by atoms with van der Waals surface area (Å²) in [6.45, 7) is 0. The summed E-state index contributed by atoms with van der Waals surface area (Å²) in [5.74, 6) is 0.325. The van der Waals surface area contributed by atoms with E-state index in [0.29, 0.717) is 32.9 Å². The maximum absolute atomic E-state index is 12.9. The summed E-state index contributed by atoms with van der Waals surface area (Å²) < 4.78 is 18.0. The Morgan fingerprint density at radius 3 is 2.45 bits per heavy atom. The summed E-state index contributed by atoms with van der Waals surface area (Å²) in [5.41, 5.74) is 1.25. The highest BCUT2D eigenvalue weighted by Gasteiger charge is 2.13. The summed E-state index contributed by atoms with van der Waals surface area (Å²) in [4.78, 5) is 4.24. The Kier molecular flexibility index (Phi) is 3.42. The van der Waals surface area contributed by atoms with Crippen LogP contribution in [0.3, 0.4) is 0 Å². The van der Waals surface area contributed by atoms with Crippen molar-refractivity contribution in [1.82, 2.24) is 10.1 Å². The van der Waals surface area contributed by atoms with Crippen LogP contribution in [0, 0.1) is 5.82 Å². The first-order chi connectivity index (χ1) is 9.63. The van der Waals surface area contributed by atoms with Crippen LogP contribution in [0.25, 0.3) is 22.8 Å². The third kappa shape index (κ3) is 2.53. The first kappa shape index (κ1) is 13.1. The molecule has 0 radical (unpaired) electrons. The van der Waals surface area contributed by atoms with E-state index in [2.05, 4.69) is 10.1 Å². The molecule has 1 heterocycles. The minimum atomic E-state index is -0.325. The van der Waals surface area contributed by atoms with E-state index in [0.717, 1.165) is 0 Å². The third-order valence-corrected chi connectivity index (χ3v) is 3.24. The first-order valence-electron chi connectivity index (χ1n) is 5.68. The largest absolute Gasteiger partial charge is 0.334 e. The van der Waals surface area contributed by atoms with Gasteiger partial charge in [0.1, 0.15) is 5.82 Å². The van der Waals surface area contributed by atoms with Crippen LogP contribution in [0.1, 0.15) is 0 Å². The maximum Gasteiger partial charge on any atom is 0.258 e. The van der Waals surface area contributed by atoms with E-state index in [9.17, 15) is 4.39 Å². The fourth-order valence-corrected chi connectivity index (χ4v) is 2.21. The van der Waals surface area contributed by atoms with Gasteiger partial charge >= 0.3 is 0 Å². The molecule has 0 N–H and O–H groups in total. The SMILES string of the molecule is Fc1ccc(-c2nc(-c3ccc(Cl)cc3Cl)no2)cc1. The van der Waals surface area contributed by atoms with Crippen LogP contribution in [0.4, 0.5) is 4.39 Å². The molecule has 100 valence electrons. The normalized spacial score (nSPS) is 10.8. The second-order valence-electron chi connectivity index (χ2n) is 4.05. The Labute approximate surface area is 124 Å². The number of rotatable bonds is 2. The van der Waals surface area contributed by atoms with Gasteiger partial charge in [0, 0.05) is 16.1 Å². The molecule has 6 heteroatoms. The van der Waals surface area contributed by atoms with Crippen molar-refractivity contribution in [3.63, 3.8) is 0 Å². The Morgan fingerprint density at radius 1 is 1.00 bits per heavy atom. The lowest BCUT2D eigenvalue weighted by atomic mass is 10.2. The van der Waals surface area contributed by atoms with Gasteiger partial charge in [0.15, 0.2) is 0 Å². The molecule has 0 spiro atoms. The van der Waals surface area contributed by atoms with Gasteiger partial charge in [-0.3, -0.25) is 0 Å². The van der Waals surface area contributed by atoms with Crippen molar-refractivity contribution in [2.45, 2.75) is 0 Å². The van der Waals surface area contributed by atoms with Crippen LogP contribution in [-0.4, -0.2) is 10.1 Å². The lowest BCUT2D eigenvalue weighted by Crippen LogP contribution is -1.83. The molecule has 0 saturated heterocycles. The van der Waals surface area contributed by atoms with Crippen LogP contribution in [0.5, 0.6) is 0 Å². The predicted octanol–water partition coefficient (Wildman–Crippen LogP) is 4.85. The van der Waals surface area contributed by atoms with Crippen molar-refractivity contribution >= 4 is 23.2 Å². The third-order valence-electron chi connectivity index (χ3n) is 2.69. The molecule has 3 aromatic rings.